The Morgan fingerprint density at radius 1 is 1.03 bits per heavy atom. The van der Waals surface area contributed by atoms with E-state index >= 15 is 0 Å². The summed E-state index contributed by atoms with van der Waals surface area (Å²) in [6.07, 6.45) is 0. The Hall–Kier alpha value is -3.35. The van der Waals surface area contributed by atoms with Gasteiger partial charge in [-0.05, 0) is 49.2 Å². The number of thiophene rings is 1. The van der Waals surface area contributed by atoms with E-state index < -0.39 is 5.56 Å². The minimum Gasteiger partial charge on any atom is -0.506 e. The molecule has 0 radical (unpaired) electrons. The summed E-state index contributed by atoms with van der Waals surface area (Å²) >= 11 is 8.28. The molecule has 0 atom stereocenters. The van der Waals surface area contributed by atoms with Crippen LogP contribution in [0.2, 0.25) is 5.02 Å². The number of hydrogen-bond donors (Lipinski definition) is 2. The Kier molecular flexibility index (Phi) is 4.68. The highest BCUT2D eigenvalue weighted by molar-refractivity contribution is 7.15. The van der Waals surface area contributed by atoms with Gasteiger partial charge in [0.1, 0.15) is 11.3 Å². The second-order valence-corrected chi connectivity index (χ2v) is 9.07. The zero-order chi connectivity index (χ0) is 21.7. The predicted molar refractivity (Wildman–Crippen MR) is 125 cm³/mol. The van der Waals surface area contributed by atoms with Crippen LogP contribution in [-0.2, 0) is 0 Å². The Balaban J connectivity index is 1.64. The molecule has 0 amide bonds. The molecule has 31 heavy (non-hydrogen) atoms. The summed E-state index contributed by atoms with van der Waals surface area (Å²) in [5, 5.41) is 15.7. The van der Waals surface area contributed by atoms with Crippen molar-refractivity contribution < 1.29 is 9.63 Å². The third-order valence-electron chi connectivity index (χ3n) is 5.17. The molecule has 7 heteroatoms. The number of H-pyrrole nitrogens is 1. The average molecular weight is 449 g/mol. The van der Waals surface area contributed by atoms with Crippen molar-refractivity contribution in [2.24, 2.45) is 0 Å². The van der Waals surface area contributed by atoms with Crippen LogP contribution in [0.4, 0.5) is 0 Å². The van der Waals surface area contributed by atoms with E-state index in [1.807, 2.05) is 12.1 Å². The molecule has 2 aromatic carbocycles. The lowest BCUT2D eigenvalue weighted by molar-refractivity contribution is 0.421. The number of halogens is 1. The van der Waals surface area contributed by atoms with Crippen LogP contribution >= 0.6 is 22.9 Å². The van der Waals surface area contributed by atoms with E-state index in [9.17, 15) is 9.90 Å². The number of benzene rings is 2. The van der Waals surface area contributed by atoms with Gasteiger partial charge < -0.3 is 14.6 Å². The van der Waals surface area contributed by atoms with Crippen LogP contribution in [0.1, 0.15) is 10.6 Å². The van der Waals surface area contributed by atoms with Crippen molar-refractivity contribution >= 4 is 33.8 Å². The lowest BCUT2D eigenvalue weighted by Gasteiger charge is -2.10. The maximum absolute atomic E-state index is 12.6. The lowest BCUT2D eigenvalue weighted by atomic mass is 10.00. The number of rotatable bonds is 3. The summed E-state index contributed by atoms with van der Waals surface area (Å²) in [6, 6.07) is 17.4. The van der Waals surface area contributed by atoms with Gasteiger partial charge in [-0.1, -0.05) is 41.0 Å². The lowest BCUT2D eigenvalue weighted by Crippen LogP contribution is -2.09. The van der Waals surface area contributed by atoms with Crippen LogP contribution < -0.4 is 5.56 Å². The largest absolute Gasteiger partial charge is 0.506 e. The molecule has 5 rings (SSSR count). The minimum atomic E-state index is -0.472. The van der Waals surface area contributed by atoms with Crippen molar-refractivity contribution in [3.8, 4) is 38.6 Å². The Labute approximate surface area is 186 Å². The van der Waals surface area contributed by atoms with Gasteiger partial charge in [-0.25, -0.2) is 0 Å². The molecular weight excluding hydrogens is 432 g/mol. The first kappa shape index (κ1) is 19.6. The van der Waals surface area contributed by atoms with E-state index in [0.29, 0.717) is 21.6 Å². The molecule has 0 aliphatic carbocycles. The molecule has 0 saturated heterocycles. The zero-order valence-electron chi connectivity index (χ0n) is 16.7. The highest BCUT2D eigenvalue weighted by Crippen LogP contribution is 2.38. The van der Waals surface area contributed by atoms with Gasteiger partial charge in [-0.2, -0.15) is 0 Å². The van der Waals surface area contributed by atoms with E-state index in [4.69, 9.17) is 16.1 Å². The van der Waals surface area contributed by atoms with E-state index in [2.05, 4.69) is 41.3 Å². The first-order valence-electron chi connectivity index (χ1n) is 9.60. The molecule has 0 aliphatic rings. The molecule has 154 valence electrons. The fourth-order valence-corrected chi connectivity index (χ4v) is 4.78. The molecule has 2 N–H and O–H groups in total. The van der Waals surface area contributed by atoms with E-state index in [-0.39, 0.29) is 17.1 Å². The number of aryl methyl sites for hydroxylation is 2. The number of aromatic nitrogens is 2. The summed E-state index contributed by atoms with van der Waals surface area (Å²) in [5.41, 5.74) is 3.43. The van der Waals surface area contributed by atoms with Gasteiger partial charge in [0.15, 0.2) is 5.76 Å². The van der Waals surface area contributed by atoms with Crippen LogP contribution in [0.15, 0.2) is 63.9 Å². The van der Waals surface area contributed by atoms with Crippen LogP contribution in [0.5, 0.6) is 5.75 Å². The molecule has 5 nitrogen and oxygen atoms in total. The zero-order valence-corrected chi connectivity index (χ0v) is 18.3. The molecule has 0 unspecified atom stereocenters. The fraction of sp³-hybridized carbons (Fsp3) is 0.0833. The smallest absolute Gasteiger partial charge is 0.263 e. The Morgan fingerprint density at radius 2 is 1.77 bits per heavy atom. The van der Waals surface area contributed by atoms with Crippen molar-refractivity contribution in [1.29, 1.82) is 0 Å². The van der Waals surface area contributed by atoms with Gasteiger partial charge in [-0.15, -0.1) is 11.3 Å². The van der Waals surface area contributed by atoms with Gasteiger partial charge in [0.25, 0.3) is 5.56 Å². The molecule has 0 saturated carbocycles. The fourth-order valence-electron chi connectivity index (χ4n) is 3.63. The van der Waals surface area contributed by atoms with Crippen molar-refractivity contribution in [2.45, 2.75) is 13.8 Å². The first-order chi connectivity index (χ1) is 14.9. The number of nitrogens with zero attached hydrogens (tertiary/aromatic N) is 1. The summed E-state index contributed by atoms with van der Waals surface area (Å²) in [4.78, 5) is 17.8. The number of nitrogens with one attached hydrogen (secondary N) is 1. The van der Waals surface area contributed by atoms with Crippen molar-refractivity contribution in [3.05, 3.63) is 80.5 Å². The third-order valence-corrected chi connectivity index (χ3v) is 6.53. The van der Waals surface area contributed by atoms with Crippen LogP contribution in [0, 0.1) is 13.8 Å². The SMILES string of the molecule is Cc1cc(-c2c(O)c3cc(-c4ccc(-c5ccc(C)s5)cc4)c(Cl)cc3[nH]c2=O)on1. The molecule has 3 heterocycles. The van der Waals surface area contributed by atoms with Gasteiger partial charge in [0.05, 0.1) is 16.2 Å². The van der Waals surface area contributed by atoms with Gasteiger partial charge >= 0.3 is 0 Å². The normalized spacial score (nSPS) is 11.3. The quantitative estimate of drug-likeness (QED) is 0.328. The first-order valence-corrected chi connectivity index (χ1v) is 10.8. The van der Waals surface area contributed by atoms with Crippen LogP contribution in [0.3, 0.4) is 0 Å². The van der Waals surface area contributed by atoms with Crippen molar-refractivity contribution in [2.75, 3.05) is 0 Å². The maximum Gasteiger partial charge on any atom is 0.263 e. The van der Waals surface area contributed by atoms with Crippen molar-refractivity contribution in [3.63, 3.8) is 0 Å². The van der Waals surface area contributed by atoms with E-state index in [1.54, 1.807) is 36.5 Å². The molecular formula is C24H17ClN2O3S. The van der Waals surface area contributed by atoms with Crippen LogP contribution in [-0.4, -0.2) is 15.2 Å². The molecule has 0 aliphatic heterocycles. The second kappa shape index (κ2) is 7.41. The number of aromatic amines is 1. The molecule has 0 spiro atoms. The monoisotopic (exact) mass is 448 g/mol. The molecule has 5 aromatic rings. The summed E-state index contributed by atoms with van der Waals surface area (Å²) in [5.74, 6) is 0.0451. The summed E-state index contributed by atoms with van der Waals surface area (Å²) in [7, 11) is 0. The van der Waals surface area contributed by atoms with E-state index in [1.165, 1.54) is 9.75 Å². The Bertz CT molecular complexity index is 1500. The second-order valence-electron chi connectivity index (χ2n) is 7.38. The number of fused-ring (bicyclic) bond motifs is 1. The standard InChI is InChI=1S/C24H17ClN2O3S/c1-12-9-20(30-27-12)22-23(28)17-10-16(18(25)11-19(17)26-24(22)29)14-4-6-15(7-5-14)21-8-3-13(2)31-21/h3-11H,1-2H3,(H2,26,28,29). The number of hydrogen-bond acceptors (Lipinski definition) is 5. The highest BCUT2D eigenvalue weighted by Gasteiger charge is 2.19. The number of aromatic hydroxyl groups is 1. The van der Waals surface area contributed by atoms with Gasteiger partial charge in [-0.3, -0.25) is 4.79 Å². The average Bonchev–Trinajstić information content (AvgIpc) is 3.36. The Morgan fingerprint density at radius 3 is 2.42 bits per heavy atom. The van der Waals surface area contributed by atoms with Crippen LogP contribution in [0.25, 0.3) is 43.8 Å². The number of pyridine rings is 1. The van der Waals surface area contributed by atoms with Gasteiger partial charge in [0.2, 0.25) is 0 Å². The molecule has 0 bridgehead atoms. The minimum absolute atomic E-state index is 0.0461. The summed E-state index contributed by atoms with van der Waals surface area (Å²) in [6.45, 7) is 3.83. The van der Waals surface area contributed by atoms with Gasteiger partial charge in [0, 0.05) is 26.8 Å². The summed E-state index contributed by atoms with van der Waals surface area (Å²) < 4.78 is 5.20. The van der Waals surface area contributed by atoms with Crippen molar-refractivity contribution in [1.82, 2.24) is 10.1 Å². The molecule has 3 aromatic heterocycles. The van der Waals surface area contributed by atoms with E-state index in [0.717, 1.165) is 16.7 Å². The topological polar surface area (TPSA) is 79.1 Å². The third kappa shape index (κ3) is 3.44. The highest BCUT2D eigenvalue weighted by atomic mass is 35.5. The maximum atomic E-state index is 12.6. The predicted octanol–water partition coefficient (Wildman–Crippen LogP) is 6.55. The molecule has 0 fully saturated rings.